The molecule has 0 aliphatic heterocycles. The molecular formula is C39H46N2O6. The number of aromatic nitrogens is 2. The van der Waals surface area contributed by atoms with Gasteiger partial charge in [-0.05, 0) is 87.2 Å². The third-order valence-corrected chi connectivity index (χ3v) is 7.82. The van der Waals surface area contributed by atoms with Crippen LogP contribution in [0.15, 0.2) is 91.3 Å². The van der Waals surface area contributed by atoms with Gasteiger partial charge in [0.25, 0.3) is 0 Å². The zero-order valence-electron chi connectivity index (χ0n) is 27.7. The van der Waals surface area contributed by atoms with Crippen LogP contribution in [-0.4, -0.2) is 47.8 Å². The van der Waals surface area contributed by atoms with Crippen LogP contribution in [0.25, 0.3) is 22.5 Å². The highest BCUT2D eigenvalue weighted by atomic mass is 16.6. The summed E-state index contributed by atoms with van der Waals surface area (Å²) in [5.41, 5.74) is 4.60. The number of hydrogen-bond donors (Lipinski definition) is 0. The first-order valence-corrected chi connectivity index (χ1v) is 16.7. The van der Waals surface area contributed by atoms with Gasteiger partial charge >= 0.3 is 11.9 Å². The van der Waals surface area contributed by atoms with E-state index in [4.69, 9.17) is 18.9 Å². The van der Waals surface area contributed by atoms with Crippen molar-refractivity contribution in [3.05, 3.63) is 96.8 Å². The largest absolute Gasteiger partial charge is 0.494 e. The maximum atomic E-state index is 12.9. The number of hydrogen-bond acceptors (Lipinski definition) is 8. The second kappa shape index (κ2) is 19.1. The highest BCUT2D eigenvalue weighted by molar-refractivity contribution is 5.75. The SMILES string of the molecule is CCOC(=O)CCc1ccccc1OC(C(=O)OCC)C(C)CCCCCCOc1cc(-c2ccccn2)cc(-c2ccccn2)c1. The minimum absolute atomic E-state index is 0.0530. The van der Waals surface area contributed by atoms with Crippen LogP contribution in [0, 0.1) is 5.92 Å². The lowest BCUT2D eigenvalue weighted by Crippen LogP contribution is -2.36. The summed E-state index contributed by atoms with van der Waals surface area (Å²) in [6, 6.07) is 25.4. The van der Waals surface area contributed by atoms with Gasteiger partial charge in [-0.15, -0.1) is 0 Å². The van der Waals surface area contributed by atoms with Gasteiger partial charge in [-0.3, -0.25) is 14.8 Å². The molecule has 248 valence electrons. The molecule has 0 aliphatic carbocycles. The standard InChI is InChI=1S/C39H46N2O6/c1-4-44-37(42)22-21-30-17-9-10-20-36(30)47-38(39(43)45-5-2)29(3)16-8-6-7-15-25-46-33-27-31(34-18-11-13-23-40-34)26-32(28-33)35-19-12-14-24-41-35/h9-14,17-20,23-24,26-29,38H,4-8,15-16,21-22,25H2,1-3H3. The van der Waals surface area contributed by atoms with Crippen LogP contribution in [0.4, 0.5) is 0 Å². The predicted molar refractivity (Wildman–Crippen MR) is 183 cm³/mol. The Morgan fingerprint density at radius 1 is 0.745 bits per heavy atom. The highest BCUT2D eigenvalue weighted by Crippen LogP contribution is 2.30. The number of nitrogens with zero attached hydrogens (tertiary/aromatic N) is 2. The first-order chi connectivity index (χ1) is 23.0. The number of carbonyl (C=O) groups is 2. The number of ether oxygens (including phenoxy) is 4. The van der Waals surface area contributed by atoms with Crippen LogP contribution in [0.2, 0.25) is 0 Å². The average Bonchev–Trinajstić information content (AvgIpc) is 3.10. The molecule has 0 N–H and O–H groups in total. The molecule has 0 saturated heterocycles. The van der Waals surface area contributed by atoms with Gasteiger partial charge in [-0.1, -0.05) is 56.5 Å². The Morgan fingerprint density at radius 2 is 1.38 bits per heavy atom. The van der Waals surface area contributed by atoms with Crippen molar-refractivity contribution in [2.45, 2.75) is 71.8 Å². The van der Waals surface area contributed by atoms with E-state index in [0.717, 1.165) is 65.9 Å². The number of pyridine rings is 2. The fraction of sp³-hybridized carbons (Fsp3) is 0.385. The Hall–Kier alpha value is -4.72. The van der Waals surface area contributed by atoms with E-state index in [2.05, 4.69) is 16.0 Å². The van der Waals surface area contributed by atoms with E-state index in [0.29, 0.717) is 25.4 Å². The number of esters is 2. The lowest BCUT2D eigenvalue weighted by molar-refractivity contribution is -0.154. The van der Waals surface area contributed by atoms with Crippen LogP contribution in [0.5, 0.6) is 11.5 Å². The first kappa shape index (κ1) is 35.1. The molecule has 2 atom stereocenters. The van der Waals surface area contributed by atoms with Crippen LogP contribution in [-0.2, 0) is 25.5 Å². The Bertz CT molecular complexity index is 1470. The van der Waals surface area contributed by atoms with E-state index < -0.39 is 6.10 Å². The summed E-state index contributed by atoms with van der Waals surface area (Å²) in [4.78, 5) is 33.9. The van der Waals surface area contributed by atoms with Gasteiger partial charge in [0.1, 0.15) is 11.5 Å². The summed E-state index contributed by atoms with van der Waals surface area (Å²) < 4.78 is 23.0. The van der Waals surface area contributed by atoms with Crippen LogP contribution < -0.4 is 9.47 Å². The maximum Gasteiger partial charge on any atom is 0.347 e. The Labute approximate surface area is 278 Å². The van der Waals surface area contributed by atoms with E-state index in [1.807, 2.05) is 79.7 Å². The zero-order valence-corrected chi connectivity index (χ0v) is 27.7. The topological polar surface area (TPSA) is 96.8 Å². The van der Waals surface area contributed by atoms with Crippen LogP contribution in [0.3, 0.4) is 0 Å². The molecule has 0 spiro atoms. The fourth-order valence-corrected chi connectivity index (χ4v) is 5.36. The molecule has 2 heterocycles. The maximum absolute atomic E-state index is 12.9. The lowest BCUT2D eigenvalue weighted by atomic mass is 9.96. The molecule has 2 unspecified atom stereocenters. The minimum Gasteiger partial charge on any atom is -0.494 e. The quantitative estimate of drug-likeness (QED) is 0.0748. The lowest BCUT2D eigenvalue weighted by Gasteiger charge is -2.25. The van der Waals surface area contributed by atoms with Crippen molar-refractivity contribution in [2.24, 2.45) is 5.92 Å². The summed E-state index contributed by atoms with van der Waals surface area (Å²) in [5, 5.41) is 0. The van der Waals surface area contributed by atoms with Crippen molar-refractivity contribution in [1.29, 1.82) is 0 Å². The van der Waals surface area contributed by atoms with Crippen molar-refractivity contribution in [3.8, 4) is 34.0 Å². The van der Waals surface area contributed by atoms with Crippen LogP contribution in [0.1, 0.15) is 64.9 Å². The van der Waals surface area contributed by atoms with Gasteiger partial charge in [0.2, 0.25) is 0 Å². The predicted octanol–water partition coefficient (Wildman–Crippen LogP) is 8.28. The molecule has 2 aromatic carbocycles. The number of para-hydroxylation sites is 1. The second-order valence-electron chi connectivity index (χ2n) is 11.4. The highest BCUT2D eigenvalue weighted by Gasteiger charge is 2.29. The third kappa shape index (κ3) is 11.2. The van der Waals surface area contributed by atoms with E-state index >= 15 is 0 Å². The van der Waals surface area contributed by atoms with Crippen molar-refractivity contribution >= 4 is 11.9 Å². The molecule has 8 nitrogen and oxygen atoms in total. The first-order valence-electron chi connectivity index (χ1n) is 16.7. The van der Waals surface area contributed by atoms with Crippen molar-refractivity contribution in [2.75, 3.05) is 19.8 Å². The minimum atomic E-state index is -0.735. The van der Waals surface area contributed by atoms with Gasteiger partial charge in [0, 0.05) is 35.9 Å². The van der Waals surface area contributed by atoms with Crippen molar-refractivity contribution < 1.29 is 28.5 Å². The monoisotopic (exact) mass is 638 g/mol. The molecule has 0 bridgehead atoms. The zero-order chi connectivity index (χ0) is 33.3. The molecule has 0 fully saturated rings. The Balaban J connectivity index is 1.28. The van der Waals surface area contributed by atoms with Gasteiger partial charge in [-0.25, -0.2) is 4.79 Å². The molecule has 47 heavy (non-hydrogen) atoms. The molecule has 0 amide bonds. The molecule has 0 aliphatic rings. The van der Waals surface area contributed by atoms with E-state index in [1.54, 1.807) is 26.2 Å². The Morgan fingerprint density at radius 3 is 2.02 bits per heavy atom. The summed E-state index contributed by atoms with van der Waals surface area (Å²) >= 11 is 0. The third-order valence-electron chi connectivity index (χ3n) is 7.82. The van der Waals surface area contributed by atoms with Crippen molar-refractivity contribution in [3.63, 3.8) is 0 Å². The van der Waals surface area contributed by atoms with E-state index in [-0.39, 0.29) is 30.9 Å². The van der Waals surface area contributed by atoms with Gasteiger partial charge < -0.3 is 18.9 Å². The average molecular weight is 639 g/mol. The summed E-state index contributed by atoms with van der Waals surface area (Å²) in [6.45, 7) is 6.84. The van der Waals surface area contributed by atoms with Crippen LogP contribution >= 0.6 is 0 Å². The van der Waals surface area contributed by atoms with E-state index in [1.165, 1.54) is 0 Å². The molecule has 4 aromatic rings. The second-order valence-corrected chi connectivity index (χ2v) is 11.4. The molecule has 8 heteroatoms. The van der Waals surface area contributed by atoms with Gasteiger partial charge in [0.05, 0.1) is 31.2 Å². The Kier molecular flexibility index (Phi) is 14.2. The molecule has 0 radical (unpaired) electrons. The number of aryl methyl sites for hydroxylation is 1. The smallest absolute Gasteiger partial charge is 0.347 e. The summed E-state index contributed by atoms with van der Waals surface area (Å²) in [6.07, 6.45) is 8.25. The van der Waals surface area contributed by atoms with Gasteiger partial charge in [-0.2, -0.15) is 0 Å². The molecule has 0 saturated carbocycles. The number of benzene rings is 2. The van der Waals surface area contributed by atoms with E-state index in [9.17, 15) is 9.59 Å². The number of carbonyl (C=O) groups excluding carboxylic acids is 2. The number of unbranched alkanes of at least 4 members (excludes halogenated alkanes) is 3. The van der Waals surface area contributed by atoms with Crippen molar-refractivity contribution in [1.82, 2.24) is 9.97 Å². The normalized spacial score (nSPS) is 12.1. The molecule has 4 rings (SSSR count). The molecular weight excluding hydrogens is 592 g/mol. The fourth-order valence-electron chi connectivity index (χ4n) is 5.36. The summed E-state index contributed by atoms with van der Waals surface area (Å²) in [7, 11) is 0. The summed E-state index contributed by atoms with van der Waals surface area (Å²) in [5.74, 6) is 0.709. The van der Waals surface area contributed by atoms with Gasteiger partial charge in [0.15, 0.2) is 6.10 Å². The molecule has 2 aromatic heterocycles. The number of rotatable bonds is 19.